The fraction of sp³-hybridized carbons (Fsp3) is 0.0870. The molecule has 5 nitrogen and oxygen atoms in total. The normalized spacial score (nSPS) is 11.2. The Balaban J connectivity index is 1.47. The molecule has 142 valence electrons. The standard InChI is InChI=1S/C23H18N4OS/c1-15-18-13-20(29-23(18)27(26-15)14-16-7-3-2-4-8-16)22(28)25-19-11-5-9-17-10-6-12-24-21(17)19/h2-13H,14H2,1H3,(H,25,28). The molecule has 1 N–H and O–H groups in total. The molecule has 0 unspecified atom stereocenters. The number of hydrogen-bond donors (Lipinski definition) is 1. The maximum atomic E-state index is 12.9. The predicted molar refractivity (Wildman–Crippen MR) is 118 cm³/mol. The van der Waals surface area contributed by atoms with E-state index in [4.69, 9.17) is 0 Å². The lowest BCUT2D eigenvalue weighted by atomic mass is 10.2. The fourth-order valence-corrected chi connectivity index (χ4v) is 4.53. The van der Waals surface area contributed by atoms with E-state index in [0.29, 0.717) is 17.1 Å². The third-order valence-corrected chi connectivity index (χ3v) is 6.03. The number of amides is 1. The summed E-state index contributed by atoms with van der Waals surface area (Å²) in [5.74, 6) is -0.130. The molecule has 5 rings (SSSR count). The Kier molecular flexibility index (Phi) is 4.33. The van der Waals surface area contributed by atoms with Gasteiger partial charge in [0.05, 0.1) is 28.3 Å². The first-order valence-electron chi connectivity index (χ1n) is 9.35. The van der Waals surface area contributed by atoms with Gasteiger partial charge >= 0.3 is 0 Å². The van der Waals surface area contributed by atoms with Gasteiger partial charge in [-0.05, 0) is 30.7 Å². The summed E-state index contributed by atoms with van der Waals surface area (Å²) in [6, 6.07) is 21.8. The van der Waals surface area contributed by atoms with Crippen molar-refractivity contribution in [3.05, 3.63) is 89.1 Å². The fourth-order valence-electron chi connectivity index (χ4n) is 3.48. The van der Waals surface area contributed by atoms with Crippen LogP contribution < -0.4 is 5.32 Å². The molecular formula is C23H18N4OS. The minimum absolute atomic E-state index is 0.130. The van der Waals surface area contributed by atoms with E-state index in [1.54, 1.807) is 6.20 Å². The molecule has 0 fully saturated rings. The molecule has 0 radical (unpaired) electrons. The van der Waals surface area contributed by atoms with Crippen LogP contribution in [0.2, 0.25) is 0 Å². The highest BCUT2D eigenvalue weighted by atomic mass is 32.1. The van der Waals surface area contributed by atoms with Crippen molar-refractivity contribution in [1.82, 2.24) is 14.8 Å². The third-order valence-electron chi connectivity index (χ3n) is 4.89. The van der Waals surface area contributed by atoms with Crippen molar-refractivity contribution in [2.24, 2.45) is 0 Å². The highest BCUT2D eigenvalue weighted by Gasteiger charge is 2.17. The lowest BCUT2D eigenvalue weighted by molar-refractivity contribution is 0.103. The largest absolute Gasteiger partial charge is 0.319 e. The molecule has 0 aliphatic carbocycles. The average Bonchev–Trinajstić information content (AvgIpc) is 3.31. The van der Waals surface area contributed by atoms with E-state index in [-0.39, 0.29) is 5.91 Å². The molecule has 2 aromatic carbocycles. The summed E-state index contributed by atoms with van der Waals surface area (Å²) in [4.78, 5) is 19.0. The van der Waals surface area contributed by atoms with Crippen molar-refractivity contribution in [3.8, 4) is 0 Å². The van der Waals surface area contributed by atoms with Gasteiger partial charge in [0.25, 0.3) is 5.91 Å². The summed E-state index contributed by atoms with van der Waals surface area (Å²) in [5.41, 5.74) is 3.61. The zero-order valence-electron chi connectivity index (χ0n) is 15.8. The highest BCUT2D eigenvalue weighted by molar-refractivity contribution is 7.20. The molecule has 0 saturated carbocycles. The Hall–Kier alpha value is -3.51. The number of aryl methyl sites for hydroxylation is 1. The Morgan fingerprint density at radius 3 is 2.76 bits per heavy atom. The van der Waals surface area contributed by atoms with Crippen molar-refractivity contribution in [1.29, 1.82) is 0 Å². The van der Waals surface area contributed by atoms with Crippen LogP contribution in [-0.4, -0.2) is 20.7 Å². The van der Waals surface area contributed by atoms with Crippen LogP contribution >= 0.6 is 11.3 Å². The zero-order chi connectivity index (χ0) is 19.8. The number of nitrogens with one attached hydrogen (secondary N) is 1. The molecule has 1 amide bonds. The second-order valence-corrected chi connectivity index (χ2v) is 7.92. The first-order chi connectivity index (χ1) is 14.2. The van der Waals surface area contributed by atoms with Gasteiger partial charge in [0.1, 0.15) is 4.83 Å². The van der Waals surface area contributed by atoms with Crippen LogP contribution in [0.4, 0.5) is 5.69 Å². The zero-order valence-corrected chi connectivity index (χ0v) is 16.6. The molecule has 0 bridgehead atoms. The van der Waals surface area contributed by atoms with Gasteiger partial charge in [0.15, 0.2) is 0 Å². The molecule has 0 saturated heterocycles. The molecule has 5 aromatic rings. The summed E-state index contributed by atoms with van der Waals surface area (Å²) in [6.45, 7) is 2.66. The second-order valence-electron chi connectivity index (χ2n) is 6.89. The number of carbonyl (C=O) groups excluding carboxylic acids is 1. The van der Waals surface area contributed by atoms with Crippen molar-refractivity contribution < 1.29 is 4.79 Å². The molecule has 0 atom stereocenters. The molecule has 3 heterocycles. The maximum absolute atomic E-state index is 12.9. The van der Waals surface area contributed by atoms with Gasteiger partial charge in [-0.3, -0.25) is 14.5 Å². The van der Waals surface area contributed by atoms with E-state index in [9.17, 15) is 4.79 Å². The number of anilines is 1. The summed E-state index contributed by atoms with van der Waals surface area (Å²) in [5, 5.41) is 9.69. The lowest BCUT2D eigenvalue weighted by Crippen LogP contribution is -2.10. The van der Waals surface area contributed by atoms with Crippen LogP contribution in [0.1, 0.15) is 20.9 Å². The SMILES string of the molecule is Cc1nn(Cc2ccccc2)c2sc(C(=O)Nc3cccc4cccnc34)cc12. The van der Waals surface area contributed by atoms with Gasteiger partial charge in [-0.25, -0.2) is 0 Å². The quantitative estimate of drug-likeness (QED) is 0.449. The molecule has 3 aromatic heterocycles. The summed E-state index contributed by atoms with van der Waals surface area (Å²) < 4.78 is 1.97. The Morgan fingerprint density at radius 1 is 1.07 bits per heavy atom. The van der Waals surface area contributed by atoms with Crippen molar-refractivity contribution in [2.45, 2.75) is 13.5 Å². The first-order valence-corrected chi connectivity index (χ1v) is 10.2. The second kappa shape index (κ2) is 7.14. The van der Waals surface area contributed by atoms with Gasteiger partial charge in [0.2, 0.25) is 0 Å². The number of para-hydroxylation sites is 1. The number of carbonyl (C=O) groups is 1. The number of fused-ring (bicyclic) bond motifs is 2. The predicted octanol–water partition coefficient (Wildman–Crippen LogP) is 5.26. The van der Waals surface area contributed by atoms with Gasteiger partial charge in [-0.2, -0.15) is 5.10 Å². The molecule has 0 aliphatic heterocycles. The van der Waals surface area contributed by atoms with E-state index in [2.05, 4.69) is 27.5 Å². The molecule has 0 aliphatic rings. The van der Waals surface area contributed by atoms with E-state index in [1.165, 1.54) is 16.9 Å². The van der Waals surface area contributed by atoms with E-state index in [0.717, 1.165) is 26.8 Å². The van der Waals surface area contributed by atoms with E-state index in [1.807, 2.05) is 66.2 Å². The Morgan fingerprint density at radius 2 is 1.90 bits per heavy atom. The molecule has 29 heavy (non-hydrogen) atoms. The van der Waals surface area contributed by atoms with Crippen molar-refractivity contribution in [3.63, 3.8) is 0 Å². The van der Waals surface area contributed by atoms with Crippen LogP contribution in [0, 0.1) is 6.92 Å². The third kappa shape index (κ3) is 3.28. The minimum atomic E-state index is -0.130. The first kappa shape index (κ1) is 17.6. The summed E-state index contributed by atoms with van der Waals surface area (Å²) in [7, 11) is 0. The number of pyridine rings is 1. The number of benzene rings is 2. The van der Waals surface area contributed by atoms with Gasteiger partial charge in [-0.1, -0.05) is 48.5 Å². The van der Waals surface area contributed by atoms with Gasteiger partial charge in [-0.15, -0.1) is 11.3 Å². The van der Waals surface area contributed by atoms with E-state index < -0.39 is 0 Å². The number of hydrogen-bond acceptors (Lipinski definition) is 4. The smallest absolute Gasteiger partial charge is 0.265 e. The molecule has 6 heteroatoms. The van der Waals surface area contributed by atoms with E-state index >= 15 is 0 Å². The monoisotopic (exact) mass is 398 g/mol. The van der Waals surface area contributed by atoms with Crippen LogP contribution in [0.5, 0.6) is 0 Å². The average molecular weight is 398 g/mol. The minimum Gasteiger partial charge on any atom is -0.319 e. The van der Waals surface area contributed by atoms with Crippen LogP contribution in [0.25, 0.3) is 21.1 Å². The molecular weight excluding hydrogens is 380 g/mol. The topological polar surface area (TPSA) is 59.8 Å². The maximum Gasteiger partial charge on any atom is 0.265 e. The number of nitrogens with zero attached hydrogens (tertiary/aromatic N) is 3. The van der Waals surface area contributed by atoms with Gasteiger partial charge < -0.3 is 5.32 Å². The highest BCUT2D eigenvalue weighted by Crippen LogP contribution is 2.30. The molecule has 0 spiro atoms. The van der Waals surface area contributed by atoms with Crippen molar-refractivity contribution in [2.75, 3.05) is 5.32 Å². The van der Waals surface area contributed by atoms with Crippen LogP contribution in [0.15, 0.2) is 72.9 Å². The number of aromatic nitrogens is 3. The van der Waals surface area contributed by atoms with Gasteiger partial charge in [0, 0.05) is 17.0 Å². The lowest BCUT2D eigenvalue weighted by Gasteiger charge is -2.07. The number of thiophene rings is 1. The summed E-state index contributed by atoms with van der Waals surface area (Å²) in [6.07, 6.45) is 1.74. The van der Waals surface area contributed by atoms with Crippen molar-refractivity contribution >= 4 is 44.1 Å². The Bertz CT molecular complexity index is 1330. The number of rotatable bonds is 4. The Labute approximate surface area is 171 Å². The van der Waals surface area contributed by atoms with Crippen LogP contribution in [0.3, 0.4) is 0 Å². The summed E-state index contributed by atoms with van der Waals surface area (Å²) >= 11 is 1.46. The van der Waals surface area contributed by atoms with Crippen LogP contribution in [-0.2, 0) is 6.54 Å².